The van der Waals surface area contributed by atoms with Crippen molar-refractivity contribution in [3.63, 3.8) is 0 Å². The van der Waals surface area contributed by atoms with Crippen LogP contribution in [0.4, 0.5) is 0 Å². The van der Waals surface area contributed by atoms with Gasteiger partial charge in [-0.05, 0) is 25.1 Å². The molecule has 0 amide bonds. The van der Waals surface area contributed by atoms with Crippen LogP contribution in [-0.2, 0) is 13.5 Å². The van der Waals surface area contributed by atoms with Gasteiger partial charge in [-0.2, -0.15) is 0 Å². The van der Waals surface area contributed by atoms with Gasteiger partial charge >= 0.3 is 0 Å². The number of aryl methyl sites for hydroxylation is 2. The fourth-order valence-electron chi connectivity index (χ4n) is 2.02. The standard InChI is InChI=1S/C13H18ClN3S/c1-3-15-10(11-5-6-12(14)18-11)4-7-13-16-8-9-17(13)2/h5-6,8-10,15H,3-4,7H2,1-2H3. The van der Waals surface area contributed by atoms with Crippen LogP contribution < -0.4 is 5.32 Å². The molecule has 3 nitrogen and oxygen atoms in total. The first-order valence-corrected chi connectivity index (χ1v) is 7.35. The Hall–Kier alpha value is -0.840. The number of imidazole rings is 1. The lowest BCUT2D eigenvalue weighted by molar-refractivity contribution is 0.513. The van der Waals surface area contributed by atoms with E-state index in [9.17, 15) is 0 Å². The van der Waals surface area contributed by atoms with E-state index < -0.39 is 0 Å². The molecule has 0 aliphatic carbocycles. The van der Waals surface area contributed by atoms with E-state index in [4.69, 9.17) is 11.6 Å². The van der Waals surface area contributed by atoms with Crippen molar-refractivity contribution in [2.45, 2.75) is 25.8 Å². The second-order valence-corrected chi connectivity index (χ2v) is 5.99. The molecule has 1 atom stereocenters. The van der Waals surface area contributed by atoms with Gasteiger partial charge in [-0.25, -0.2) is 4.98 Å². The van der Waals surface area contributed by atoms with E-state index in [1.807, 2.05) is 25.5 Å². The number of hydrogen-bond donors (Lipinski definition) is 1. The average Bonchev–Trinajstić information content (AvgIpc) is 2.94. The van der Waals surface area contributed by atoms with E-state index >= 15 is 0 Å². The van der Waals surface area contributed by atoms with Crippen LogP contribution in [0.25, 0.3) is 0 Å². The molecule has 0 spiro atoms. The number of thiophene rings is 1. The van der Waals surface area contributed by atoms with Gasteiger partial charge in [0, 0.05) is 36.8 Å². The number of nitrogens with one attached hydrogen (secondary N) is 1. The van der Waals surface area contributed by atoms with Crippen molar-refractivity contribution < 1.29 is 0 Å². The Bertz CT molecular complexity index is 492. The third-order valence-electron chi connectivity index (χ3n) is 2.97. The molecule has 0 aromatic carbocycles. The minimum Gasteiger partial charge on any atom is -0.338 e. The van der Waals surface area contributed by atoms with Crippen molar-refractivity contribution >= 4 is 22.9 Å². The van der Waals surface area contributed by atoms with Gasteiger partial charge in [-0.15, -0.1) is 11.3 Å². The molecule has 0 bridgehead atoms. The molecule has 0 radical (unpaired) electrons. The van der Waals surface area contributed by atoms with Crippen LogP contribution in [0.5, 0.6) is 0 Å². The molecule has 2 aromatic rings. The lowest BCUT2D eigenvalue weighted by Gasteiger charge is -2.16. The van der Waals surface area contributed by atoms with Crippen molar-refractivity contribution in [2.75, 3.05) is 6.54 Å². The zero-order chi connectivity index (χ0) is 13.0. The Morgan fingerprint density at radius 2 is 2.33 bits per heavy atom. The zero-order valence-corrected chi connectivity index (χ0v) is 12.3. The molecule has 0 aliphatic heterocycles. The van der Waals surface area contributed by atoms with Crippen LogP contribution in [0.2, 0.25) is 4.34 Å². The predicted octanol–water partition coefficient (Wildman–Crippen LogP) is 3.42. The predicted molar refractivity (Wildman–Crippen MR) is 77.3 cm³/mol. The van der Waals surface area contributed by atoms with Gasteiger partial charge in [0.1, 0.15) is 5.82 Å². The van der Waals surface area contributed by atoms with Gasteiger partial charge < -0.3 is 9.88 Å². The Balaban J connectivity index is 2.01. The molecule has 98 valence electrons. The van der Waals surface area contributed by atoms with Crippen LogP contribution in [0.3, 0.4) is 0 Å². The molecule has 0 aliphatic rings. The largest absolute Gasteiger partial charge is 0.338 e. The average molecular weight is 284 g/mol. The summed E-state index contributed by atoms with van der Waals surface area (Å²) in [7, 11) is 2.03. The van der Waals surface area contributed by atoms with Gasteiger partial charge in [-0.1, -0.05) is 18.5 Å². The quantitative estimate of drug-likeness (QED) is 0.880. The molecule has 1 unspecified atom stereocenters. The molecular formula is C13H18ClN3S. The molecular weight excluding hydrogens is 266 g/mol. The molecule has 2 aromatic heterocycles. The van der Waals surface area contributed by atoms with Crippen LogP contribution in [0, 0.1) is 0 Å². The van der Waals surface area contributed by atoms with Gasteiger partial charge in [0.15, 0.2) is 0 Å². The summed E-state index contributed by atoms with van der Waals surface area (Å²) in [4.78, 5) is 5.66. The summed E-state index contributed by atoms with van der Waals surface area (Å²) in [6.45, 7) is 3.09. The summed E-state index contributed by atoms with van der Waals surface area (Å²) >= 11 is 7.66. The number of nitrogens with zero attached hydrogens (tertiary/aromatic N) is 2. The SMILES string of the molecule is CCNC(CCc1nccn1C)c1ccc(Cl)s1. The smallest absolute Gasteiger partial charge is 0.108 e. The van der Waals surface area contributed by atoms with Gasteiger partial charge in [0.05, 0.1) is 4.34 Å². The summed E-state index contributed by atoms with van der Waals surface area (Å²) in [5, 5.41) is 3.51. The second-order valence-electron chi connectivity index (χ2n) is 4.25. The Morgan fingerprint density at radius 3 is 2.89 bits per heavy atom. The normalized spacial score (nSPS) is 12.8. The molecule has 0 fully saturated rings. The Kier molecular flexibility index (Phi) is 4.80. The van der Waals surface area contributed by atoms with E-state index in [1.165, 1.54) is 4.88 Å². The highest BCUT2D eigenvalue weighted by atomic mass is 35.5. The zero-order valence-electron chi connectivity index (χ0n) is 10.7. The molecule has 18 heavy (non-hydrogen) atoms. The molecule has 1 N–H and O–H groups in total. The molecule has 2 heterocycles. The van der Waals surface area contributed by atoms with Crippen LogP contribution in [0.15, 0.2) is 24.5 Å². The highest BCUT2D eigenvalue weighted by molar-refractivity contribution is 7.16. The first-order valence-electron chi connectivity index (χ1n) is 6.15. The van der Waals surface area contributed by atoms with E-state index in [-0.39, 0.29) is 0 Å². The monoisotopic (exact) mass is 283 g/mol. The number of hydrogen-bond acceptors (Lipinski definition) is 3. The van der Waals surface area contributed by atoms with E-state index in [2.05, 4.69) is 27.9 Å². The van der Waals surface area contributed by atoms with E-state index in [0.29, 0.717) is 6.04 Å². The van der Waals surface area contributed by atoms with Crippen molar-refractivity contribution in [1.29, 1.82) is 0 Å². The lowest BCUT2D eigenvalue weighted by Crippen LogP contribution is -2.21. The maximum Gasteiger partial charge on any atom is 0.108 e. The fraction of sp³-hybridized carbons (Fsp3) is 0.462. The summed E-state index contributed by atoms with van der Waals surface area (Å²) in [6, 6.07) is 4.44. The highest BCUT2D eigenvalue weighted by Gasteiger charge is 2.13. The van der Waals surface area contributed by atoms with Crippen molar-refractivity contribution in [1.82, 2.24) is 14.9 Å². The van der Waals surface area contributed by atoms with Crippen LogP contribution >= 0.6 is 22.9 Å². The number of aromatic nitrogens is 2. The first-order chi connectivity index (χ1) is 8.70. The third kappa shape index (κ3) is 3.34. The van der Waals surface area contributed by atoms with E-state index in [1.54, 1.807) is 11.3 Å². The molecule has 5 heteroatoms. The van der Waals surface area contributed by atoms with Gasteiger partial charge in [-0.3, -0.25) is 0 Å². The topological polar surface area (TPSA) is 29.9 Å². The van der Waals surface area contributed by atoms with Gasteiger partial charge in [0.25, 0.3) is 0 Å². The summed E-state index contributed by atoms with van der Waals surface area (Å²) in [5.41, 5.74) is 0. The highest BCUT2D eigenvalue weighted by Crippen LogP contribution is 2.29. The molecule has 0 saturated carbocycles. The Morgan fingerprint density at radius 1 is 1.50 bits per heavy atom. The number of halogens is 1. The van der Waals surface area contributed by atoms with E-state index in [0.717, 1.165) is 29.5 Å². The van der Waals surface area contributed by atoms with Crippen molar-refractivity contribution in [3.05, 3.63) is 39.6 Å². The lowest BCUT2D eigenvalue weighted by atomic mass is 10.1. The second kappa shape index (κ2) is 6.36. The summed E-state index contributed by atoms with van der Waals surface area (Å²) in [6.07, 6.45) is 5.84. The first kappa shape index (κ1) is 13.6. The fourth-order valence-corrected chi connectivity index (χ4v) is 3.19. The minimum atomic E-state index is 0.365. The third-order valence-corrected chi connectivity index (χ3v) is 4.31. The van der Waals surface area contributed by atoms with Crippen molar-refractivity contribution in [3.8, 4) is 0 Å². The Labute approximate surface area is 117 Å². The number of rotatable bonds is 6. The summed E-state index contributed by atoms with van der Waals surface area (Å²) < 4.78 is 2.93. The summed E-state index contributed by atoms with van der Waals surface area (Å²) in [5.74, 6) is 1.13. The molecule has 0 saturated heterocycles. The maximum atomic E-state index is 6.00. The molecule has 2 rings (SSSR count). The van der Waals surface area contributed by atoms with Crippen LogP contribution in [0.1, 0.15) is 30.1 Å². The van der Waals surface area contributed by atoms with Gasteiger partial charge in [0.2, 0.25) is 0 Å². The maximum absolute atomic E-state index is 6.00. The minimum absolute atomic E-state index is 0.365. The van der Waals surface area contributed by atoms with Crippen molar-refractivity contribution in [2.24, 2.45) is 7.05 Å². The van der Waals surface area contributed by atoms with Crippen LogP contribution in [-0.4, -0.2) is 16.1 Å².